The molecule has 0 radical (unpaired) electrons. The first-order chi connectivity index (χ1) is 18.6. The minimum Gasteiger partial charge on any atom is -0.292 e. The van der Waals surface area contributed by atoms with Crippen molar-refractivity contribution in [3.8, 4) is 0 Å². The minimum absolute atomic E-state index is 0.221. The zero-order valence-corrected chi connectivity index (χ0v) is 26.1. The van der Waals surface area contributed by atoms with Crippen LogP contribution in [-0.2, 0) is 19.1 Å². The summed E-state index contributed by atoms with van der Waals surface area (Å²) in [5.74, 6) is 0. The van der Waals surface area contributed by atoms with Gasteiger partial charge in [-0.15, -0.1) is 0 Å². The first-order valence-electron chi connectivity index (χ1n) is 13.8. The van der Waals surface area contributed by atoms with E-state index >= 15 is 0 Å². The molecule has 0 amide bonds. The fourth-order valence-corrected chi connectivity index (χ4v) is 11.1. The van der Waals surface area contributed by atoms with E-state index < -0.39 is 7.92 Å². The maximum absolute atomic E-state index is 5.04. The van der Waals surface area contributed by atoms with E-state index in [9.17, 15) is 0 Å². The summed E-state index contributed by atoms with van der Waals surface area (Å²) < 4.78 is 0. The van der Waals surface area contributed by atoms with Gasteiger partial charge in [-0.25, -0.2) is 0 Å². The number of aromatic nitrogens is 1. The third kappa shape index (κ3) is 8.17. The molecule has 1 aromatic heterocycles. The van der Waals surface area contributed by atoms with Crippen molar-refractivity contribution in [3.05, 3.63) is 120 Å². The molecule has 0 aliphatic heterocycles. The lowest BCUT2D eigenvalue weighted by Gasteiger charge is -2.41. The monoisotopic (exact) mass is 552 g/mol. The Balaban J connectivity index is 1.50. The number of pyridine rings is 1. The van der Waals surface area contributed by atoms with E-state index in [2.05, 4.69) is 145 Å². The van der Waals surface area contributed by atoms with Crippen LogP contribution in [0.15, 0.2) is 108 Å². The number of hydrogen-bond acceptors (Lipinski definition) is 2. The Morgan fingerprint density at radius 2 is 1.18 bits per heavy atom. The molecule has 202 valence electrons. The largest absolute Gasteiger partial charge is 0.292 e. The summed E-state index contributed by atoms with van der Waals surface area (Å²) in [6, 6.07) is 37.0. The average Bonchev–Trinajstić information content (AvgIpc) is 2.91. The van der Waals surface area contributed by atoms with Gasteiger partial charge < -0.3 is 0 Å². The predicted molar refractivity (Wildman–Crippen MR) is 175 cm³/mol. The van der Waals surface area contributed by atoms with Gasteiger partial charge in [-0.1, -0.05) is 140 Å². The summed E-state index contributed by atoms with van der Waals surface area (Å²) in [5, 5.41) is 4.68. The Morgan fingerprint density at radius 3 is 1.77 bits per heavy atom. The molecule has 0 aliphatic carbocycles. The van der Waals surface area contributed by atoms with Gasteiger partial charge in [-0.2, -0.15) is 0 Å². The van der Waals surface area contributed by atoms with Gasteiger partial charge in [0.1, 0.15) is 0 Å². The molecule has 4 rings (SSSR count). The van der Waals surface area contributed by atoms with Crippen LogP contribution in [0.1, 0.15) is 58.5 Å². The molecule has 0 fully saturated rings. The van der Waals surface area contributed by atoms with E-state index in [4.69, 9.17) is 9.98 Å². The summed E-state index contributed by atoms with van der Waals surface area (Å²) in [6.45, 7) is 14.9. The summed E-state index contributed by atoms with van der Waals surface area (Å²) in [6.07, 6.45) is 3.86. The van der Waals surface area contributed by atoms with E-state index in [0.29, 0.717) is 16.9 Å². The molecular weight excluding hydrogens is 510 g/mol. The zero-order valence-electron chi connectivity index (χ0n) is 24.3. The lowest BCUT2D eigenvalue weighted by atomic mass is 10.2. The van der Waals surface area contributed by atoms with Gasteiger partial charge in [-0.05, 0) is 51.8 Å². The van der Waals surface area contributed by atoms with E-state index in [0.717, 1.165) is 18.3 Å². The van der Waals surface area contributed by atoms with Crippen molar-refractivity contribution in [2.45, 2.75) is 71.0 Å². The Labute approximate surface area is 238 Å². The molecule has 0 atom stereocenters. The van der Waals surface area contributed by atoms with Crippen LogP contribution >= 0.6 is 15.8 Å². The summed E-state index contributed by atoms with van der Waals surface area (Å²) in [4.78, 5) is 9.92. The fourth-order valence-electron chi connectivity index (χ4n) is 5.14. The van der Waals surface area contributed by atoms with Gasteiger partial charge in [0.05, 0.1) is 6.54 Å². The molecule has 39 heavy (non-hydrogen) atoms. The SMILES string of the molecule is CC(C)(C)P(Cc1cccc(C/C=N/Cc2ccccc2P(c2ccccc2)c2ccccc2)n1)C(C)(C)C. The van der Waals surface area contributed by atoms with Crippen molar-refractivity contribution in [3.63, 3.8) is 0 Å². The molecule has 3 aromatic carbocycles. The first kappa shape index (κ1) is 29.3. The van der Waals surface area contributed by atoms with Gasteiger partial charge >= 0.3 is 0 Å². The quantitative estimate of drug-likeness (QED) is 0.152. The summed E-state index contributed by atoms with van der Waals surface area (Å²) in [7, 11) is -0.869. The lowest BCUT2D eigenvalue weighted by Crippen LogP contribution is -2.26. The average molecular weight is 553 g/mol. The molecule has 2 nitrogen and oxygen atoms in total. The molecule has 1 heterocycles. The third-order valence-corrected chi connectivity index (χ3v) is 13.2. The van der Waals surface area contributed by atoms with Crippen LogP contribution in [0, 0.1) is 0 Å². The number of benzene rings is 3. The number of rotatable bonds is 9. The zero-order chi connectivity index (χ0) is 27.9. The van der Waals surface area contributed by atoms with Crippen molar-refractivity contribution in [2.75, 3.05) is 0 Å². The first-order valence-corrected chi connectivity index (χ1v) is 16.7. The highest BCUT2D eigenvalue weighted by atomic mass is 31.1. The van der Waals surface area contributed by atoms with E-state index in [1.165, 1.54) is 27.2 Å². The highest BCUT2D eigenvalue weighted by Gasteiger charge is 2.34. The van der Waals surface area contributed by atoms with Crippen LogP contribution in [0.2, 0.25) is 0 Å². The van der Waals surface area contributed by atoms with Crippen LogP contribution in [0.5, 0.6) is 0 Å². The molecule has 0 bridgehead atoms. The molecule has 0 N–H and O–H groups in total. The second-order valence-electron chi connectivity index (χ2n) is 11.9. The molecule has 4 aromatic rings. The highest BCUT2D eigenvalue weighted by Crippen LogP contribution is 2.61. The van der Waals surface area contributed by atoms with Crippen molar-refractivity contribution >= 4 is 38.0 Å². The summed E-state index contributed by atoms with van der Waals surface area (Å²) >= 11 is 0. The predicted octanol–water partition coefficient (Wildman–Crippen LogP) is 8.23. The minimum atomic E-state index is -0.648. The van der Waals surface area contributed by atoms with Crippen molar-refractivity contribution in [2.24, 2.45) is 4.99 Å². The second-order valence-corrected chi connectivity index (χ2v) is 18.0. The topological polar surface area (TPSA) is 25.2 Å². The molecule has 0 saturated carbocycles. The smallest absolute Gasteiger partial charge is 0.0642 e. The lowest BCUT2D eigenvalue weighted by molar-refractivity contribution is 0.701. The number of nitrogens with zero attached hydrogens (tertiary/aromatic N) is 2. The Hall–Kier alpha value is -2.66. The standard InChI is InChI=1S/C35H42N2P2/c1-34(2,3)38(35(4,5)6)27-30-18-15-17-29(37-30)24-25-36-26-28-16-13-14-23-33(28)39(31-19-9-7-10-20-31)32-21-11-8-12-22-32/h7-23,25H,24,26-27H2,1-6H3/b36-25+. The maximum atomic E-state index is 5.04. The molecule has 4 heteroatoms. The van der Waals surface area contributed by atoms with Crippen LogP contribution in [-0.4, -0.2) is 21.5 Å². The van der Waals surface area contributed by atoms with E-state index in [1.807, 2.05) is 6.21 Å². The number of hydrogen-bond donors (Lipinski definition) is 0. The molecule has 0 aliphatic rings. The Bertz CT molecular complexity index is 1300. The Morgan fingerprint density at radius 1 is 0.641 bits per heavy atom. The van der Waals surface area contributed by atoms with Gasteiger partial charge in [0, 0.05) is 30.2 Å². The Kier molecular flexibility index (Phi) is 9.87. The van der Waals surface area contributed by atoms with Crippen LogP contribution in [0.3, 0.4) is 0 Å². The molecule has 0 spiro atoms. The second kappa shape index (κ2) is 13.1. The maximum Gasteiger partial charge on any atom is 0.0642 e. The van der Waals surface area contributed by atoms with Gasteiger partial charge in [0.15, 0.2) is 0 Å². The van der Waals surface area contributed by atoms with Crippen LogP contribution in [0.25, 0.3) is 0 Å². The number of aliphatic imine (C=N–C) groups is 1. The van der Waals surface area contributed by atoms with Crippen LogP contribution < -0.4 is 15.9 Å². The third-order valence-electron chi connectivity index (χ3n) is 6.76. The molecule has 0 saturated heterocycles. The van der Waals surface area contributed by atoms with Gasteiger partial charge in [-0.3, -0.25) is 9.98 Å². The summed E-state index contributed by atoms with van der Waals surface area (Å²) in [5.41, 5.74) is 3.59. The van der Waals surface area contributed by atoms with Crippen molar-refractivity contribution < 1.29 is 0 Å². The van der Waals surface area contributed by atoms with Crippen molar-refractivity contribution in [1.29, 1.82) is 0 Å². The van der Waals surface area contributed by atoms with E-state index in [-0.39, 0.29) is 7.92 Å². The van der Waals surface area contributed by atoms with Gasteiger partial charge in [0.25, 0.3) is 0 Å². The van der Waals surface area contributed by atoms with Crippen molar-refractivity contribution in [1.82, 2.24) is 4.98 Å². The van der Waals surface area contributed by atoms with Crippen LogP contribution in [0.4, 0.5) is 0 Å². The molecular formula is C35H42N2P2. The van der Waals surface area contributed by atoms with E-state index in [1.54, 1.807) is 0 Å². The highest BCUT2D eigenvalue weighted by molar-refractivity contribution is 7.79. The molecule has 0 unspecified atom stereocenters. The van der Waals surface area contributed by atoms with Gasteiger partial charge in [0.2, 0.25) is 0 Å². The normalized spacial score (nSPS) is 12.5. The fraction of sp³-hybridized carbons (Fsp3) is 0.314.